The fourth-order valence-corrected chi connectivity index (χ4v) is 2.78. The number of hydrogen-bond donors (Lipinski definition) is 3. The van der Waals surface area contributed by atoms with Crippen LogP contribution in [0, 0.1) is 5.92 Å². The van der Waals surface area contributed by atoms with Crippen molar-refractivity contribution in [2.24, 2.45) is 5.92 Å². The first-order valence-corrected chi connectivity index (χ1v) is 6.54. The summed E-state index contributed by atoms with van der Waals surface area (Å²) in [6.07, 6.45) is -4.62. The molecule has 0 amide bonds. The Labute approximate surface area is 107 Å². The lowest BCUT2D eigenvalue weighted by molar-refractivity contribution is -0.134. The third-order valence-corrected chi connectivity index (χ3v) is 4.08. The molecule has 1 fully saturated rings. The van der Waals surface area contributed by atoms with Crippen molar-refractivity contribution in [3.05, 3.63) is 21.9 Å². The quantitative estimate of drug-likeness (QED) is 0.782. The number of rotatable bonds is 4. The molecule has 1 aromatic heterocycles. The minimum atomic E-state index is -4.26. The van der Waals surface area contributed by atoms with Gasteiger partial charge < -0.3 is 15.7 Å². The van der Waals surface area contributed by atoms with E-state index in [4.69, 9.17) is 0 Å². The first-order chi connectivity index (χ1) is 8.47. The van der Waals surface area contributed by atoms with Gasteiger partial charge in [-0.25, -0.2) is 0 Å². The zero-order valence-electron chi connectivity index (χ0n) is 9.63. The van der Waals surface area contributed by atoms with Crippen molar-refractivity contribution < 1.29 is 18.3 Å². The van der Waals surface area contributed by atoms with Gasteiger partial charge in [-0.3, -0.25) is 0 Å². The average molecular weight is 280 g/mol. The van der Waals surface area contributed by atoms with Gasteiger partial charge in [0.1, 0.15) is 4.88 Å². The van der Waals surface area contributed by atoms with E-state index in [1.807, 2.05) is 0 Å². The molecule has 7 heteroatoms. The maximum absolute atomic E-state index is 12.4. The van der Waals surface area contributed by atoms with Crippen molar-refractivity contribution in [3.8, 4) is 0 Å². The molecule has 0 bridgehead atoms. The van der Waals surface area contributed by atoms with Crippen molar-refractivity contribution >= 4 is 11.3 Å². The number of alkyl halides is 3. The van der Waals surface area contributed by atoms with Crippen LogP contribution in [0.5, 0.6) is 0 Å². The van der Waals surface area contributed by atoms with Crippen LogP contribution in [0.4, 0.5) is 13.2 Å². The molecule has 0 aromatic carbocycles. The lowest BCUT2D eigenvalue weighted by Gasteiger charge is -2.13. The normalized spacial score (nSPS) is 24.7. The van der Waals surface area contributed by atoms with Crippen molar-refractivity contribution in [3.63, 3.8) is 0 Å². The largest absolute Gasteiger partial charge is 0.425 e. The highest BCUT2D eigenvalue weighted by atomic mass is 32.1. The van der Waals surface area contributed by atoms with Gasteiger partial charge in [-0.2, -0.15) is 13.2 Å². The molecular formula is C11H15F3N2OS. The van der Waals surface area contributed by atoms with Crippen molar-refractivity contribution in [1.29, 1.82) is 0 Å². The van der Waals surface area contributed by atoms with Crippen LogP contribution in [0.25, 0.3) is 0 Å². The van der Waals surface area contributed by atoms with Crippen LogP contribution in [0.1, 0.15) is 9.75 Å². The molecule has 1 aromatic rings. The van der Waals surface area contributed by atoms with Crippen LogP contribution in [0.3, 0.4) is 0 Å². The summed E-state index contributed by atoms with van der Waals surface area (Å²) >= 11 is 0.757. The summed E-state index contributed by atoms with van der Waals surface area (Å²) in [5.74, 6) is 0.132. The second-order valence-electron chi connectivity index (χ2n) is 4.38. The highest BCUT2D eigenvalue weighted by Crippen LogP contribution is 2.34. The van der Waals surface area contributed by atoms with Gasteiger partial charge in [-0.1, -0.05) is 0 Å². The summed E-state index contributed by atoms with van der Waals surface area (Å²) in [5.41, 5.74) is 0. The van der Waals surface area contributed by atoms with Crippen molar-refractivity contribution in [1.82, 2.24) is 10.6 Å². The zero-order chi connectivity index (χ0) is 13.2. The van der Waals surface area contributed by atoms with Gasteiger partial charge in [-0.15, -0.1) is 11.3 Å². The molecule has 0 saturated carbocycles. The van der Waals surface area contributed by atoms with E-state index in [2.05, 4.69) is 10.6 Å². The topological polar surface area (TPSA) is 44.3 Å². The molecule has 2 atom stereocenters. The first-order valence-electron chi connectivity index (χ1n) is 5.72. The molecule has 0 spiro atoms. The Hall–Kier alpha value is -0.630. The lowest BCUT2D eigenvalue weighted by atomic mass is 10.1. The fourth-order valence-electron chi connectivity index (χ4n) is 1.93. The summed E-state index contributed by atoms with van der Waals surface area (Å²) in [7, 11) is 0. The molecule has 18 heavy (non-hydrogen) atoms. The number of halogens is 3. The van der Waals surface area contributed by atoms with Crippen LogP contribution in [-0.2, 0) is 12.7 Å². The molecule has 1 aliphatic heterocycles. The van der Waals surface area contributed by atoms with Crippen molar-refractivity contribution in [2.75, 3.05) is 19.6 Å². The molecule has 3 N–H and O–H groups in total. The Morgan fingerprint density at radius 2 is 2.17 bits per heavy atom. The average Bonchev–Trinajstić information content (AvgIpc) is 2.88. The van der Waals surface area contributed by atoms with Gasteiger partial charge in [0.25, 0.3) is 0 Å². The SMILES string of the molecule is OC1CNCC1CNCc1ccc(C(F)(F)F)s1. The smallest absolute Gasteiger partial charge is 0.391 e. The summed E-state index contributed by atoms with van der Waals surface area (Å²) in [4.78, 5) is 0.0876. The molecule has 102 valence electrons. The van der Waals surface area contributed by atoms with Gasteiger partial charge in [0, 0.05) is 37.0 Å². The van der Waals surface area contributed by atoms with Gasteiger partial charge in [-0.05, 0) is 12.1 Å². The Kier molecular flexibility index (Phi) is 4.26. The fraction of sp³-hybridized carbons (Fsp3) is 0.636. The molecule has 2 heterocycles. The van der Waals surface area contributed by atoms with E-state index in [1.54, 1.807) is 0 Å². The lowest BCUT2D eigenvalue weighted by Crippen LogP contribution is -2.29. The summed E-state index contributed by atoms with van der Waals surface area (Å²) < 4.78 is 37.1. The molecule has 0 aliphatic carbocycles. The Bertz CT molecular complexity index is 394. The standard InChI is InChI=1S/C11H15F3N2OS/c12-11(13,14)10-2-1-8(18-10)5-15-3-7-4-16-6-9(7)17/h1-2,7,9,15-17H,3-6H2. The van der Waals surface area contributed by atoms with Crippen molar-refractivity contribution in [2.45, 2.75) is 18.8 Å². The summed E-state index contributed by atoms with van der Waals surface area (Å²) in [6.45, 7) is 2.34. The number of β-amino-alcohol motifs (C(OH)–C–C–N with tert-alkyl or cyclic N) is 1. The van der Waals surface area contributed by atoms with Gasteiger partial charge in [0.15, 0.2) is 0 Å². The molecule has 2 unspecified atom stereocenters. The minimum absolute atomic E-state index is 0.132. The number of hydrogen-bond acceptors (Lipinski definition) is 4. The van der Waals surface area contributed by atoms with Gasteiger partial charge in [0.2, 0.25) is 0 Å². The second kappa shape index (κ2) is 5.56. The van der Waals surface area contributed by atoms with E-state index in [0.717, 1.165) is 23.9 Å². The number of aliphatic hydroxyl groups is 1. The summed E-state index contributed by atoms with van der Waals surface area (Å²) in [5, 5.41) is 15.7. The van der Waals surface area contributed by atoms with Crippen LogP contribution in [0.15, 0.2) is 12.1 Å². The number of aliphatic hydroxyl groups excluding tert-OH is 1. The zero-order valence-corrected chi connectivity index (χ0v) is 10.4. The Morgan fingerprint density at radius 3 is 2.72 bits per heavy atom. The molecular weight excluding hydrogens is 265 g/mol. The van der Waals surface area contributed by atoms with E-state index in [0.29, 0.717) is 24.5 Å². The Morgan fingerprint density at radius 1 is 1.39 bits per heavy atom. The first kappa shape index (κ1) is 13.8. The Balaban J connectivity index is 1.78. The van der Waals surface area contributed by atoms with Gasteiger partial charge >= 0.3 is 6.18 Å². The maximum atomic E-state index is 12.4. The van der Waals surface area contributed by atoms with Crippen LogP contribution < -0.4 is 10.6 Å². The third-order valence-electron chi connectivity index (χ3n) is 2.95. The van der Waals surface area contributed by atoms with E-state index < -0.39 is 11.1 Å². The minimum Gasteiger partial charge on any atom is -0.391 e. The highest BCUT2D eigenvalue weighted by Gasteiger charge is 2.32. The molecule has 2 rings (SSSR count). The van der Waals surface area contributed by atoms with E-state index in [9.17, 15) is 18.3 Å². The molecule has 3 nitrogen and oxygen atoms in total. The molecule has 1 saturated heterocycles. The van der Waals surface area contributed by atoms with Crippen LogP contribution >= 0.6 is 11.3 Å². The predicted octanol–water partition coefficient (Wildman–Crippen LogP) is 1.44. The van der Waals surface area contributed by atoms with E-state index in [-0.39, 0.29) is 12.0 Å². The van der Waals surface area contributed by atoms with Crippen LogP contribution in [-0.4, -0.2) is 30.8 Å². The monoisotopic (exact) mass is 280 g/mol. The van der Waals surface area contributed by atoms with Crippen LogP contribution in [0.2, 0.25) is 0 Å². The third kappa shape index (κ3) is 3.44. The molecule has 1 aliphatic rings. The maximum Gasteiger partial charge on any atom is 0.425 e. The number of nitrogens with one attached hydrogen (secondary N) is 2. The number of thiophene rings is 1. The highest BCUT2D eigenvalue weighted by molar-refractivity contribution is 7.12. The molecule has 0 radical (unpaired) electrons. The summed E-state index contributed by atoms with van der Waals surface area (Å²) in [6, 6.07) is 2.59. The predicted molar refractivity (Wildman–Crippen MR) is 63.4 cm³/mol. The van der Waals surface area contributed by atoms with E-state index >= 15 is 0 Å². The second-order valence-corrected chi connectivity index (χ2v) is 5.55. The van der Waals surface area contributed by atoms with E-state index in [1.165, 1.54) is 6.07 Å². The van der Waals surface area contributed by atoms with Gasteiger partial charge in [0.05, 0.1) is 6.10 Å².